The molecule has 0 amide bonds. The second-order valence-electron chi connectivity index (χ2n) is 3.87. The van der Waals surface area contributed by atoms with Gasteiger partial charge in [0.2, 0.25) is 0 Å². The van der Waals surface area contributed by atoms with E-state index in [2.05, 4.69) is 10.1 Å². The summed E-state index contributed by atoms with van der Waals surface area (Å²) in [5.74, 6) is -0.377. The molecule has 0 aromatic rings. The van der Waals surface area contributed by atoms with Crippen LogP contribution in [0.25, 0.3) is 0 Å². The van der Waals surface area contributed by atoms with Crippen LogP contribution in [0.3, 0.4) is 0 Å². The van der Waals surface area contributed by atoms with Gasteiger partial charge >= 0.3 is 5.97 Å². The minimum atomic E-state index is -3.03. The molecule has 0 aromatic heterocycles. The highest BCUT2D eigenvalue weighted by molar-refractivity contribution is 7.91. The number of carbonyl (C=O) groups is 1. The molecule has 0 aromatic carbocycles. The molecule has 0 radical (unpaired) electrons. The Morgan fingerprint density at radius 3 is 2.87 bits per heavy atom. The maximum atomic E-state index is 11.3. The molecule has 1 spiro atoms. The van der Waals surface area contributed by atoms with Crippen molar-refractivity contribution in [2.75, 3.05) is 25.2 Å². The molecular weight excluding hydrogens is 222 g/mol. The Labute approximate surface area is 87.8 Å². The summed E-state index contributed by atoms with van der Waals surface area (Å²) in [7, 11) is -1.74. The van der Waals surface area contributed by atoms with Gasteiger partial charge in [-0.05, 0) is 0 Å². The van der Waals surface area contributed by atoms with Crippen LogP contribution in [0.2, 0.25) is 0 Å². The van der Waals surface area contributed by atoms with Crippen LogP contribution in [0.5, 0.6) is 0 Å². The predicted octanol–water partition coefficient (Wildman–Crippen LogP) is -1.34. The number of rotatable bonds is 1. The summed E-state index contributed by atoms with van der Waals surface area (Å²) in [5, 5.41) is 2.90. The van der Waals surface area contributed by atoms with Crippen molar-refractivity contribution in [3.05, 3.63) is 0 Å². The normalized spacial score (nSPS) is 38.3. The third-order valence-corrected chi connectivity index (χ3v) is 4.45. The molecule has 0 saturated carbocycles. The zero-order valence-corrected chi connectivity index (χ0v) is 9.17. The first-order chi connectivity index (χ1) is 6.96. The third kappa shape index (κ3) is 1.99. The Balaban J connectivity index is 2.07. The monoisotopic (exact) mass is 235 g/mol. The Kier molecular flexibility index (Phi) is 2.48. The van der Waals surface area contributed by atoms with Crippen LogP contribution in [0, 0.1) is 0 Å². The molecule has 0 aliphatic carbocycles. The van der Waals surface area contributed by atoms with Gasteiger partial charge in [0, 0.05) is 6.42 Å². The zero-order valence-electron chi connectivity index (χ0n) is 8.36. The lowest BCUT2D eigenvalue weighted by atomic mass is 10.2. The van der Waals surface area contributed by atoms with Crippen LogP contribution in [0.4, 0.5) is 0 Å². The molecule has 1 N–H and O–H groups in total. The molecule has 15 heavy (non-hydrogen) atoms. The van der Waals surface area contributed by atoms with E-state index in [0.717, 1.165) is 0 Å². The van der Waals surface area contributed by atoms with Crippen LogP contribution in [-0.4, -0.2) is 51.4 Å². The lowest BCUT2D eigenvalue weighted by molar-refractivity contribution is -0.142. The summed E-state index contributed by atoms with van der Waals surface area (Å²) in [4.78, 5) is 11.2. The number of methoxy groups -OCH3 is 1. The topological polar surface area (TPSA) is 81.7 Å². The average Bonchev–Trinajstić information content (AvgIpc) is 2.70. The van der Waals surface area contributed by atoms with Crippen molar-refractivity contribution < 1.29 is 22.7 Å². The molecule has 0 bridgehead atoms. The highest BCUT2D eigenvalue weighted by Gasteiger charge is 2.50. The van der Waals surface area contributed by atoms with E-state index in [-0.39, 0.29) is 18.1 Å². The van der Waals surface area contributed by atoms with E-state index < -0.39 is 27.6 Å². The van der Waals surface area contributed by atoms with Crippen LogP contribution in [0.15, 0.2) is 0 Å². The summed E-state index contributed by atoms with van der Waals surface area (Å²) >= 11 is 0. The fraction of sp³-hybridized carbons (Fsp3) is 0.875. The van der Waals surface area contributed by atoms with E-state index in [0.29, 0.717) is 6.42 Å². The summed E-state index contributed by atoms with van der Waals surface area (Å²) in [6.07, 6.45) is 0.392. The average molecular weight is 235 g/mol. The van der Waals surface area contributed by atoms with Crippen molar-refractivity contribution in [2.45, 2.75) is 18.2 Å². The molecule has 2 aliphatic heterocycles. The molecule has 7 heteroatoms. The SMILES string of the molecule is COC(=O)C1COC2(CCS(=O)(=O)C2)N1. The van der Waals surface area contributed by atoms with Crippen molar-refractivity contribution in [3.8, 4) is 0 Å². The summed E-state index contributed by atoms with van der Waals surface area (Å²) < 4.78 is 32.5. The summed E-state index contributed by atoms with van der Waals surface area (Å²) in [6.45, 7) is 0.169. The van der Waals surface area contributed by atoms with E-state index in [1.54, 1.807) is 0 Å². The van der Waals surface area contributed by atoms with E-state index >= 15 is 0 Å². The van der Waals surface area contributed by atoms with Gasteiger partial charge < -0.3 is 9.47 Å². The van der Waals surface area contributed by atoms with E-state index in [4.69, 9.17) is 4.74 Å². The van der Waals surface area contributed by atoms with Crippen molar-refractivity contribution >= 4 is 15.8 Å². The molecule has 2 saturated heterocycles. The lowest BCUT2D eigenvalue weighted by Gasteiger charge is -2.20. The molecule has 2 fully saturated rings. The summed E-state index contributed by atoms with van der Waals surface area (Å²) in [6, 6.07) is -0.553. The van der Waals surface area contributed by atoms with Crippen LogP contribution in [0.1, 0.15) is 6.42 Å². The first-order valence-corrected chi connectivity index (χ1v) is 6.48. The van der Waals surface area contributed by atoms with Gasteiger partial charge in [0.05, 0.1) is 25.2 Å². The van der Waals surface area contributed by atoms with E-state index in [9.17, 15) is 13.2 Å². The number of hydrogen-bond donors (Lipinski definition) is 1. The number of hydrogen-bond acceptors (Lipinski definition) is 6. The molecule has 2 aliphatic rings. The fourth-order valence-corrected chi connectivity index (χ4v) is 3.77. The Morgan fingerprint density at radius 1 is 1.60 bits per heavy atom. The van der Waals surface area contributed by atoms with Crippen molar-refractivity contribution in [1.82, 2.24) is 5.32 Å². The van der Waals surface area contributed by atoms with Gasteiger partial charge in [-0.3, -0.25) is 10.1 Å². The zero-order chi connectivity index (χ0) is 11.1. The summed E-state index contributed by atoms with van der Waals surface area (Å²) in [5.41, 5.74) is -0.863. The van der Waals surface area contributed by atoms with Gasteiger partial charge in [0.15, 0.2) is 9.84 Å². The number of ether oxygens (including phenoxy) is 2. The largest absolute Gasteiger partial charge is 0.468 e. The van der Waals surface area contributed by atoms with Gasteiger partial charge in [0.1, 0.15) is 11.8 Å². The fourth-order valence-electron chi connectivity index (χ4n) is 1.96. The number of esters is 1. The molecule has 2 atom stereocenters. The van der Waals surface area contributed by atoms with E-state index in [1.807, 2.05) is 0 Å². The quantitative estimate of drug-likeness (QED) is 0.567. The lowest BCUT2D eigenvalue weighted by Crippen LogP contribution is -2.47. The number of sulfone groups is 1. The number of nitrogens with one attached hydrogen (secondary N) is 1. The first kappa shape index (κ1) is 10.8. The smallest absolute Gasteiger partial charge is 0.325 e. The minimum absolute atomic E-state index is 0.0620. The van der Waals surface area contributed by atoms with Crippen LogP contribution < -0.4 is 5.32 Å². The highest BCUT2D eigenvalue weighted by atomic mass is 32.2. The van der Waals surface area contributed by atoms with Gasteiger partial charge in [0.25, 0.3) is 0 Å². The maximum absolute atomic E-state index is 11.3. The van der Waals surface area contributed by atoms with Gasteiger partial charge in [-0.15, -0.1) is 0 Å². The van der Waals surface area contributed by atoms with Crippen LogP contribution >= 0.6 is 0 Å². The van der Waals surface area contributed by atoms with Crippen LogP contribution in [-0.2, 0) is 24.1 Å². The second kappa shape index (κ2) is 3.43. The number of carbonyl (C=O) groups excluding carboxylic acids is 1. The highest BCUT2D eigenvalue weighted by Crippen LogP contribution is 2.29. The van der Waals surface area contributed by atoms with Gasteiger partial charge in [-0.25, -0.2) is 8.42 Å². The van der Waals surface area contributed by atoms with Crippen molar-refractivity contribution in [3.63, 3.8) is 0 Å². The maximum Gasteiger partial charge on any atom is 0.325 e. The minimum Gasteiger partial charge on any atom is -0.468 e. The molecule has 2 heterocycles. The Morgan fingerprint density at radius 2 is 2.33 bits per heavy atom. The molecule has 2 rings (SSSR count). The predicted molar refractivity (Wildman–Crippen MR) is 50.9 cm³/mol. The standard InChI is InChI=1S/C8H13NO5S/c1-13-7(10)6-4-14-8(9-6)2-3-15(11,12)5-8/h6,9H,2-5H2,1H3. The Hall–Kier alpha value is -0.660. The first-order valence-electron chi connectivity index (χ1n) is 4.66. The molecule has 2 unspecified atom stereocenters. The molecule has 6 nitrogen and oxygen atoms in total. The molecule has 86 valence electrons. The van der Waals surface area contributed by atoms with Crippen molar-refractivity contribution in [2.24, 2.45) is 0 Å². The van der Waals surface area contributed by atoms with Crippen molar-refractivity contribution in [1.29, 1.82) is 0 Å². The molecular formula is C8H13NO5S. The van der Waals surface area contributed by atoms with Gasteiger partial charge in [-0.1, -0.05) is 0 Å². The van der Waals surface area contributed by atoms with E-state index in [1.165, 1.54) is 7.11 Å². The third-order valence-electron chi connectivity index (χ3n) is 2.72. The second-order valence-corrected chi connectivity index (χ2v) is 6.05. The van der Waals surface area contributed by atoms with Gasteiger partial charge in [-0.2, -0.15) is 0 Å². The Bertz CT molecular complexity index is 378.